The summed E-state index contributed by atoms with van der Waals surface area (Å²) < 4.78 is 22.6. The number of imidazole rings is 1. The zero-order chi connectivity index (χ0) is 19.6. The monoisotopic (exact) mass is 387 g/mol. The minimum Gasteiger partial charge on any atom is -0.340 e. The Hall–Kier alpha value is -2.91. The van der Waals surface area contributed by atoms with E-state index in [1.165, 1.54) is 24.3 Å². The van der Waals surface area contributed by atoms with Gasteiger partial charge >= 0.3 is 6.03 Å². The Morgan fingerprint density at radius 3 is 2.37 bits per heavy atom. The molecule has 9 heteroatoms. The first-order valence-corrected chi connectivity index (χ1v) is 9.93. The summed E-state index contributed by atoms with van der Waals surface area (Å²) >= 11 is 0. The van der Waals surface area contributed by atoms with Crippen molar-refractivity contribution in [2.45, 2.75) is 24.8 Å². The molecule has 2 aromatic carbocycles. The molecule has 0 radical (unpaired) electrons. The molecule has 8 nitrogen and oxygen atoms in total. The van der Waals surface area contributed by atoms with Gasteiger partial charge in [-0.3, -0.25) is 0 Å². The zero-order valence-electron chi connectivity index (χ0n) is 14.9. The van der Waals surface area contributed by atoms with Gasteiger partial charge in [0.1, 0.15) is 5.82 Å². The number of carbonyl (C=O) groups excluding carboxylic acids is 1. The molecule has 1 unspecified atom stereocenters. The van der Waals surface area contributed by atoms with Crippen LogP contribution < -0.4 is 15.8 Å². The van der Waals surface area contributed by atoms with Crippen LogP contribution in [0.15, 0.2) is 53.4 Å². The van der Waals surface area contributed by atoms with Gasteiger partial charge < -0.3 is 15.6 Å². The number of rotatable bonds is 5. The largest absolute Gasteiger partial charge is 0.340 e. The number of aromatic amines is 1. The lowest BCUT2D eigenvalue weighted by atomic mass is 10.0. The molecule has 0 saturated heterocycles. The van der Waals surface area contributed by atoms with Gasteiger partial charge in [0.25, 0.3) is 0 Å². The molecule has 3 aromatic rings. The number of hydrogen-bond acceptors (Lipinski definition) is 4. The Kier molecular flexibility index (Phi) is 5.15. The number of nitrogens with two attached hydrogens (primary N) is 1. The van der Waals surface area contributed by atoms with Gasteiger partial charge in [-0.15, -0.1) is 0 Å². The van der Waals surface area contributed by atoms with E-state index in [4.69, 9.17) is 5.14 Å². The highest BCUT2D eigenvalue weighted by molar-refractivity contribution is 7.89. The van der Waals surface area contributed by atoms with Crippen LogP contribution >= 0.6 is 0 Å². The van der Waals surface area contributed by atoms with E-state index in [0.29, 0.717) is 11.5 Å². The Balaban J connectivity index is 1.74. The van der Waals surface area contributed by atoms with Crippen LogP contribution in [-0.4, -0.2) is 24.4 Å². The minimum atomic E-state index is -3.77. The SMILES string of the molecule is CC(C)C(NC(=O)Nc1ccc(S(N)(=O)=O)cc1)c1nc2ccccc2[nH]1. The lowest BCUT2D eigenvalue weighted by Crippen LogP contribution is -2.35. The van der Waals surface area contributed by atoms with Crippen molar-refractivity contribution in [3.63, 3.8) is 0 Å². The summed E-state index contributed by atoms with van der Waals surface area (Å²) in [5.41, 5.74) is 2.19. The molecule has 3 rings (SSSR count). The van der Waals surface area contributed by atoms with E-state index in [1.54, 1.807) is 0 Å². The number of amides is 2. The molecule has 0 spiro atoms. The van der Waals surface area contributed by atoms with Crippen LogP contribution in [0.3, 0.4) is 0 Å². The van der Waals surface area contributed by atoms with Crippen LogP contribution in [0.2, 0.25) is 0 Å². The van der Waals surface area contributed by atoms with E-state index in [1.807, 2.05) is 38.1 Å². The number of carbonyl (C=O) groups is 1. The van der Waals surface area contributed by atoms with Crippen molar-refractivity contribution in [1.29, 1.82) is 0 Å². The van der Waals surface area contributed by atoms with Crippen molar-refractivity contribution in [3.05, 3.63) is 54.4 Å². The molecule has 2 amide bonds. The van der Waals surface area contributed by atoms with Gasteiger partial charge in [-0.05, 0) is 42.3 Å². The van der Waals surface area contributed by atoms with Crippen molar-refractivity contribution in [1.82, 2.24) is 15.3 Å². The smallest absolute Gasteiger partial charge is 0.319 e. The molecule has 0 aliphatic rings. The van der Waals surface area contributed by atoms with Gasteiger partial charge in [0.05, 0.1) is 22.0 Å². The first-order valence-electron chi connectivity index (χ1n) is 8.39. The number of aromatic nitrogens is 2. The van der Waals surface area contributed by atoms with E-state index >= 15 is 0 Å². The number of anilines is 1. The summed E-state index contributed by atoms with van der Waals surface area (Å²) in [6, 6.07) is 12.5. The number of urea groups is 1. The topological polar surface area (TPSA) is 130 Å². The van der Waals surface area contributed by atoms with Crippen LogP contribution in [0, 0.1) is 5.92 Å². The summed E-state index contributed by atoms with van der Waals surface area (Å²) in [5.74, 6) is 0.770. The molecular formula is C18H21N5O3S. The zero-order valence-corrected chi connectivity index (χ0v) is 15.7. The Bertz CT molecular complexity index is 1030. The van der Waals surface area contributed by atoms with E-state index in [9.17, 15) is 13.2 Å². The van der Waals surface area contributed by atoms with Gasteiger partial charge in [0, 0.05) is 5.69 Å². The molecule has 142 valence electrons. The van der Waals surface area contributed by atoms with Crippen LogP contribution in [0.1, 0.15) is 25.7 Å². The standard InChI is InChI=1S/C18H21N5O3S/c1-11(2)16(17-21-14-5-3-4-6-15(14)22-17)23-18(24)20-12-7-9-13(10-8-12)27(19,25)26/h3-11,16H,1-2H3,(H,21,22)(H2,19,25,26)(H2,20,23,24). The van der Waals surface area contributed by atoms with E-state index in [2.05, 4.69) is 20.6 Å². The maximum absolute atomic E-state index is 12.4. The van der Waals surface area contributed by atoms with Crippen LogP contribution in [-0.2, 0) is 10.0 Å². The summed E-state index contributed by atoms with van der Waals surface area (Å²) in [6.07, 6.45) is 0. The predicted octanol–water partition coefficient (Wildman–Crippen LogP) is 2.73. The number of primary sulfonamides is 1. The number of hydrogen-bond donors (Lipinski definition) is 4. The lowest BCUT2D eigenvalue weighted by Gasteiger charge is -2.20. The van der Waals surface area contributed by atoms with E-state index < -0.39 is 16.1 Å². The molecule has 0 bridgehead atoms. The van der Waals surface area contributed by atoms with Crippen LogP contribution in [0.25, 0.3) is 11.0 Å². The Morgan fingerprint density at radius 1 is 1.11 bits per heavy atom. The highest BCUT2D eigenvalue weighted by atomic mass is 32.2. The number of benzene rings is 2. The summed E-state index contributed by atoms with van der Waals surface area (Å²) in [4.78, 5) is 20.2. The third kappa shape index (κ3) is 4.44. The quantitative estimate of drug-likeness (QED) is 0.536. The fourth-order valence-electron chi connectivity index (χ4n) is 2.71. The number of para-hydroxylation sites is 2. The normalized spacial score (nSPS) is 12.9. The van der Waals surface area contributed by atoms with Crippen molar-refractivity contribution in [2.24, 2.45) is 11.1 Å². The first-order chi connectivity index (χ1) is 12.7. The van der Waals surface area contributed by atoms with E-state index in [0.717, 1.165) is 11.0 Å². The molecule has 0 fully saturated rings. The van der Waals surface area contributed by atoms with Crippen molar-refractivity contribution >= 4 is 32.8 Å². The highest BCUT2D eigenvalue weighted by Gasteiger charge is 2.22. The van der Waals surface area contributed by atoms with Crippen molar-refractivity contribution in [2.75, 3.05) is 5.32 Å². The van der Waals surface area contributed by atoms with Gasteiger partial charge in [-0.1, -0.05) is 26.0 Å². The molecule has 0 aliphatic heterocycles. The molecule has 1 aromatic heterocycles. The first kappa shape index (κ1) is 18.9. The summed E-state index contributed by atoms with van der Waals surface area (Å²) in [7, 11) is -3.77. The number of H-pyrrole nitrogens is 1. The highest BCUT2D eigenvalue weighted by Crippen LogP contribution is 2.22. The molecule has 1 heterocycles. The third-order valence-corrected chi connectivity index (χ3v) is 5.03. The Labute approximate surface area is 157 Å². The van der Waals surface area contributed by atoms with Crippen LogP contribution in [0.5, 0.6) is 0 Å². The third-order valence-electron chi connectivity index (χ3n) is 4.10. The minimum absolute atomic E-state index is 0.0178. The summed E-state index contributed by atoms with van der Waals surface area (Å²) in [6.45, 7) is 3.97. The maximum atomic E-state index is 12.4. The lowest BCUT2D eigenvalue weighted by molar-refractivity contribution is 0.244. The van der Waals surface area contributed by atoms with Gasteiger partial charge in [0.15, 0.2) is 0 Å². The number of nitrogens with zero attached hydrogens (tertiary/aromatic N) is 1. The molecule has 0 aliphatic carbocycles. The fourth-order valence-corrected chi connectivity index (χ4v) is 3.22. The average Bonchev–Trinajstić information content (AvgIpc) is 3.02. The predicted molar refractivity (Wildman–Crippen MR) is 104 cm³/mol. The maximum Gasteiger partial charge on any atom is 0.319 e. The van der Waals surface area contributed by atoms with Crippen molar-refractivity contribution in [3.8, 4) is 0 Å². The van der Waals surface area contributed by atoms with Crippen LogP contribution in [0.4, 0.5) is 10.5 Å². The fraction of sp³-hybridized carbons (Fsp3) is 0.222. The van der Waals surface area contributed by atoms with Crippen molar-refractivity contribution < 1.29 is 13.2 Å². The second-order valence-electron chi connectivity index (χ2n) is 6.53. The molecule has 0 saturated carbocycles. The van der Waals surface area contributed by atoms with E-state index in [-0.39, 0.29) is 16.9 Å². The average molecular weight is 387 g/mol. The molecular weight excluding hydrogens is 366 g/mol. The number of nitrogens with one attached hydrogen (secondary N) is 3. The Morgan fingerprint density at radius 2 is 1.78 bits per heavy atom. The van der Waals surface area contributed by atoms with Gasteiger partial charge in [-0.25, -0.2) is 23.3 Å². The molecule has 27 heavy (non-hydrogen) atoms. The second kappa shape index (κ2) is 7.37. The molecule has 1 atom stereocenters. The van der Waals surface area contributed by atoms with Gasteiger partial charge in [0.2, 0.25) is 10.0 Å². The molecule has 5 N–H and O–H groups in total. The number of sulfonamides is 1. The van der Waals surface area contributed by atoms with Gasteiger partial charge in [-0.2, -0.15) is 0 Å². The number of fused-ring (bicyclic) bond motifs is 1. The summed E-state index contributed by atoms with van der Waals surface area (Å²) in [5, 5.41) is 10.6. The second-order valence-corrected chi connectivity index (χ2v) is 8.09.